The molecule has 0 bridgehead atoms. The zero-order valence-corrected chi connectivity index (χ0v) is 15.7. The smallest absolute Gasteiger partial charge is 0.0903 e. The number of benzene rings is 1. The van der Waals surface area contributed by atoms with Crippen molar-refractivity contribution in [1.29, 1.82) is 0 Å². The quantitative estimate of drug-likeness (QED) is 0.434. The van der Waals surface area contributed by atoms with E-state index in [4.69, 9.17) is 0 Å². The van der Waals surface area contributed by atoms with E-state index in [-0.39, 0.29) is 5.92 Å². The maximum Gasteiger partial charge on any atom is 0.0903 e. The molecular formula is C20H34N2O. The first kappa shape index (κ1) is 23.4. The summed E-state index contributed by atoms with van der Waals surface area (Å²) >= 11 is 0. The lowest BCUT2D eigenvalue weighted by molar-refractivity contribution is 0.269. The zero-order chi connectivity index (χ0) is 18.1. The number of aliphatic hydroxyl groups excluding tert-OH is 1. The number of nitrogens with zero attached hydrogens (tertiary/aromatic N) is 1. The molecule has 0 saturated carbocycles. The Kier molecular flexibility index (Phi) is 16.8. The molecule has 1 aromatic carbocycles. The Hall–Kier alpha value is -1.87. The molecule has 23 heavy (non-hydrogen) atoms. The Morgan fingerprint density at radius 3 is 1.83 bits per heavy atom. The van der Waals surface area contributed by atoms with Crippen LogP contribution in [0.4, 0.5) is 5.69 Å². The van der Waals surface area contributed by atoms with Crippen LogP contribution in [0.25, 0.3) is 0 Å². The van der Waals surface area contributed by atoms with Gasteiger partial charge in [0.15, 0.2) is 0 Å². The summed E-state index contributed by atoms with van der Waals surface area (Å²) in [5.41, 5.74) is 5.17. The normalized spacial score (nSPS) is 17.9. The Balaban J connectivity index is 0. The fourth-order valence-electron chi connectivity index (χ4n) is 1.54. The molecule has 3 heteroatoms. The Labute approximate surface area is 142 Å². The number of rotatable bonds is 3. The van der Waals surface area contributed by atoms with Crippen LogP contribution in [-0.2, 0) is 0 Å². The Morgan fingerprint density at radius 2 is 1.35 bits per heavy atom. The number of nitrogens with one attached hydrogen (secondary N) is 1. The molecule has 130 valence electrons. The van der Waals surface area contributed by atoms with Crippen molar-refractivity contribution >= 4 is 11.9 Å². The first-order chi connectivity index (χ1) is 11.2. The standard InChI is InChI=1S/C14H16N2O.3C2H6/c1-11-2-6-13(7-3-11)16-15-10-12-4-8-14(17)9-5-12;3*1-2/h2-10,12,14,16-17H,1H3;3*1-2H3. The van der Waals surface area contributed by atoms with Gasteiger partial charge in [-0.25, -0.2) is 0 Å². The third kappa shape index (κ3) is 11.4. The number of hydrogen-bond acceptors (Lipinski definition) is 3. The molecule has 0 heterocycles. The van der Waals surface area contributed by atoms with Gasteiger partial charge in [0.05, 0.1) is 11.8 Å². The van der Waals surface area contributed by atoms with E-state index in [0.29, 0.717) is 0 Å². The van der Waals surface area contributed by atoms with E-state index in [9.17, 15) is 5.11 Å². The van der Waals surface area contributed by atoms with E-state index in [1.165, 1.54) is 5.56 Å². The van der Waals surface area contributed by atoms with Crippen molar-refractivity contribution in [2.45, 2.75) is 54.6 Å². The summed E-state index contributed by atoms with van der Waals surface area (Å²) in [5, 5.41) is 13.4. The summed E-state index contributed by atoms with van der Waals surface area (Å²) in [6.45, 7) is 14.1. The molecular weight excluding hydrogens is 284 g/mol. The van der Waals surface area contributed by atoms with Gasteiger partial charge in [-0.2, -0.15) is 5.10 Å². The van der Waals surface area contributed by atoms with Crippen molar-refractivity contribution in [1.82, 2.24) is 0 Å². The second kappa shape index (κ2) is 16.5. The molecule has 0 amide bonds. The topological polar surface area (TPSA) is 44.6 Å². The molecule has 2 N–H and O–H groups in total. The SMILES string of the molecule is CC.CC.CC.Cc1ccc(NN=CC2C=CC(O)C=C2)cc1. The van der Waals surface area contributed by atoms with Crippen LogP contribution in [0.2, 0.25) is 0 Å². The van der Waals surface area contributed by atoms with Gasteiger partial charge < -0.3 is 5.11 Å². The average Bonchev–Trinajstić information content (AvgIpc) is 2.64. The first-order valence-electron chi connectivity index (χ1n) is 8.64. The van der Waals surface area contributed by atoms with Crippen molar-refractivity contribution in [2.75, 3.05) is 5.43 Å². The molecule has 2 rings (SSSR count). The van der Waals surface area contributed by atoms with E-state index in [1.807, 2.05) is 78.0 Å². The van der Waals surface area contributed by atoms with Crippen LogP contribution >= 0.6 is 0 Å². The molecule has 0 aromatic heterocycles. The van der Waals surface area contributed by atoms with Gasteiger partial charge in [-0.3, -0.25) is 5.43 Å². The van der Waals surface area contributed by atoms with Gasteiger partial charge in [0.1, 0.15) is 0 Å². The zero-order valence-electron chi connectivity index (χ0n) is 15.7. The minimum atomic E-state index is -0.454. The molecule has 1 aromatic rings. The summed E-state index contributed by atoms with van der Waals surface area (Å²) < 4.78 is 0. The van der Waals surface area contributed by atoms with Crippen molar-refractivity contribution in [3.05, 3.63) is 54.1 Å². The van der Waals surface area contributed by atoms with Crippen LogP contribution in [-0.4, -0.2) is 17.4 Å². The predicted octanol–water partition coefficient (Wildman–Crippen LogP) is 5.57. The third-order valence-electron chi connectivity index (χ3n) is 2.55. The summed E-state index contributed by atoms with van der Waals surface area (Å²) in [7, 11) is 0. The van der Waals surface area contributed by atoms with Crippen LogP contribution in [0.1, 0.15) is 47.1 Å². The maximum atomic E-state index is 9.22. The second-order valence-electron chi connectivity index (χ2n) is 4.09. The highest BCUT2D eigenvalue weighted by Crippen LogP contribution is 2.10. The van der Waals surface area contributed by atoms with E-state index >= 15 is 0 Å². The van der Waals surface area contributed by atoms with Gasteiger partial charge in [-0.05, 0) is 19.1 Å². The third-order valence-corrected chi connectivity index (χ3v) is 2.55. The van der Waals surface area contributed by atoms with Crippen molar-refractivity contribution in [2.24, 2.45) is 11.0 Å². The van der Waals surface area contributed by atoms with Crippen LogP contribution in [0, 0.1) is 12.8 Å². The molecule has 0 atom stereocenters. The van der Waals surface area contributed by atoms with Gasteiger partial charge in [0.2, 0.25) is 0 Å². The fourth-order valence-corrected chi connectivity index (χ4v) is 1.54. The summed E-state index contributed by atoms with van der Waals surface area (Å²) in [6.07, 6.45) is 8.70. The Bertz CT molecular complexity index is 433. The minimum Gasteiger partial charge on any atom is -0.385 e. The van der Waals surface area contributed by atoms with Crippen LogP contribution in [0.3, 0.4) is 0 Å². The lowest BCUT2D eigenvalue weighted by Gasteiger charge is -2.08. The van der Waals surface area contributed by atoms with Crippen molar-refractivity contribution in [3.8, 4) is 0 Å². The van der Waals surface area contributed by atoms with E-state index in [0.717, 1.165) is 5.69 Å². The number of hydrogen-bond donors (Lipinski definition) is 2. The maximum absolute atomic E-state index is 9.22. The summed E-state index contributed by atoms with van der Waals surface area (Å²) in [4.78, 5) is 0. The average molecular weight is 319 g/mol. The van der Waals surface area contributed by atoms with Crippen molar-refractivity contribution < 1.29 is 5.11 Å². The molecule has 3 nitrogen and oxygen atoms in total. The molecule has 1 aliphatic carbocycles. The van der Waals surface area contributed by atoms with Crippen LogP contribution in [0.5, 0.6) is 0 Å². The second-order valence-corrected chi connectivity index (χ2v) is 4.09. The van der Waals surface area contributed by atoms with Crippen molar-refractivity contribution in [3.63, 3.8) is 0 Å². The largest absolute Gasteiger partial charge is 0.385 e. The van der Waals surface area contributed by atoms with E-state index in [1.54, 1.807) is 18.4 Å². The lowest BCUT2D eigenvalue weighted by atomic mass is 10.0. The highest BCUT2D eigenvalue weighted by Gasteiger charge is 2.03. The number of anilines is 1. The van der Waals surface area contributed by atoms with E-state index in [2.05, 4.69) is 17.5 Å². The molecule has 0 spiro atoms. The first-order valence-corrected chi connectivity index (χ1v) is 8.64. The fraction of sp³-hybridized carbons (Fsp3) is 0.450. The number of allylic oxidation sites excluding steroid dienone is 2. The Morgan fingerprint density at radius 1 is 0.870 bits per heavy atom. The number of hydrazone groups is 1. The molecule has 0 radical (unpaired) electrons. The van der Waals surface area contributed by atoms with Gasteiger partial charge >= 0.3 is 0 Å². The van der Waals surface area contributed by atoms with Gasteiger partial charge in [-0.1, -0.05) is 83.5 Å². The molecule has 1 aliphatic rings. The minimum absolute atomic E-state index is 0.149. The highest BCUT2D eigenvalue weighted by molar-refractivity contribution is 5.67. The lowest BCUT2D eigenvalue weighted by Crippen LogP contribution is -2.07. The van der Waals surface area contributed by atoms with Crippen LogP contribution in [0.15, 0.2) is 53.7 Å². The molecule has 0 saturated heterocycles. The van der Waals surface area contributed by atoms with Crippen LogP contribution < -0.4 is 5.43 Å². The number of aliphatic hydroxyl groups is 1. The monoisotopic (exact) mass is 318 g/mol. The van der Waals surface area contributed by atoms with Gasteiger partial charge in [0.25, 0.3) is 0 Å². The summed E-state index contributed by atoms with van der Waals surface area (Å²) in [6, 6.07) is 8.05. The summed E-state index contributed by atoms with van der Waals surface area (Å²) in [5.74, 6) is 0.149. The molecule has 0 unspecified atom stereocenters. The molecule has 0 fully saturated rings. The van der Waals surface area contributed by atoms with E-state index < -0.39 is 6.10 Å². The predicted molar refractivity (Wildman–Crippen MR) is 105 cm³/mol. The number of aryl methyl sites for hydroxylation is 1. The molecule has 0 aliphatic heterocycles. The van der Waals surface area contributed by atoms with Gasteiger partial charge in [-0.15, -0.1) is 0 Å². The highest BCUT2D eigenvalue weighted by atomic mass is 16.3. The van der Waals surface area contributed by atoms with Gasteiger partial charge in [0, 0.05) is 12.1 Å².